The smallest absolute Gasteiger partial charge is 0.215 e. The summed E-state index contributed by atoms with van der Waals surface area (Å²) < 4.78 is 1.96. The molecule has 1 aliphatic heterocycles. The number of aromatic hydroxyl groups is 1. The molecule has 0 aliphatic carbocycles. The Hall–Kier alpha value is -3.14. The monoisotopic (exact) mass is 330 g/mol. The number of hydrogen-bond donors (Lipinski definition) is 1. The van der Waals surface area contributed by atoms with Gasteiger partial charge in [-0.05, 0) is 38.1 Å². The van der Waals surface area contributed by atoms with Crippen LogP contribution in [-0.4, -0.2) is 21.2 Å². The average Bonchev–Trinajstić information content (AvgIpc) is 3.08. The highest BCUT2D eigenvalue weighted by Crippen LogP contribution is 2.37. The number of nitrogens with zero attached hydrogens (tertiary/aromatic N) is 2. The van der Waals surface area contributed by atoms with Crippen LogP contribution in [0.5, 0.6) is 5.75 Å². The first-order valence-corrected chi connectivity index (χ1v) is 8.24. The molecule has 4 heteroatoms. The molecule has 1 aromatic heterocycles. The molecular weight excluding hydrogens is 312 g/mol. The van der Waals surface area contributed by atoms with E-state index in [1.807, 2.05) is 60.9 Å². The summed E-state index contributed by atoms with van der Waals surface area (Å²) in [6, 6.07) is 14.9. The number of aliphatic imine (C=N–C) groups is 1. The molecule has 3 aromatic rings. The molecule has 1 aliphatic rings. The second kappa shape index (κ2) is 5.74. The lowest BCUT2D eigenvalue weighted by Gasteiger charge is -2.08. The first kappa shape index (κ1) is 15.4. The molecule has 0 saturated heterocycles. The molecule has 0 radical (unpaired) electrons. The quantitative estimate of drug-likeness (QED) is 0.712. The van der Waals surface area contributed by atoms with Gasteiger partial charge in [-0.1, -0.05) is 35.9 Å². The molecule has 0 saturated carbocycles. The third-order valence-electron chi connectivity index (χ3n) is 4.45. The van der Waals surface area contributed by atoms with Crippen LogP contribution >= 0.6 is 0 Å². The minimum absolute atomic E-state index is 0.109. The first-order valence-electron chi connectivity index (χ1n) is 8.24. The van der Waals surface area contributed by atoms with E-state index in [2.05, 4.69) is 11.1 Å². The van der Waals surface area contributed by atoms with Crippen molar-refractivity contribution in [3.63, 3.8) is 0 Å². The van der Waals surface area contributed by atoms with E-state index >= 15 is 0 Å². The van der Waals surface area contributed by atoms with E-state index in [1.54, 1.807) is 6.07 Å². The molecule has 0 amide bonds. The summed E-state index contributed by atoms with van der Waals surface area (Å²) in [5.74, 6) is -0.0372. The SMILES string of the molecule is CC(C)=CCn1c(C2=Nc3ccccc3C2=O)c(O)c2ccccc21. The summed E-state index contributed by atoms with van der Waals surface area (Å²) in [5.41, 5.74) is 4.08. The van der Waals surface area contributed by atoms with E-state index in [1.165, 1.54) is 5.57 Å². The predicted molar refractivity (Wildman–Crippen MR) is 100 cm³/mol. The van der Waals surface area contributed by atoms with Crippen molar-refractivity contribution in [2.75, 3.05) is 0 Å². The number of ketones is 1. The normalized spacial score (nSPS) is 13.0. The number of benzene rings is 2. The summed E-state index contributed by atoms with van der Waals surface area (Å²) in [4.78, 5) is 17.4. The third-order valence-corrected chi connectivity index (χ3v) is 4.45. The number of carbonyl (C=O) groups excluding carboxylic acids is 1. The number of rotatable bonds is 3. The van der Waals surface area contributed by atoms with Crippen LogP contribution in [0.2, 0.25) is 0 Å². The molecule has 0 fully saturated rings. The highest BCUT2D eigenvalue weighted by atomic mass is 16.3. The second-order valence-electron chi connectivity index (χ2n) is 6.41. The van der Waals surface area contributed by atoms with Gasteiger partial charge in [-0.3, -0.25) is 4.79 Å². The van der Waals surface area contributed by atoms with Gasteiger partial charge < -0.3 is 9.67 Å². The van der Waals surface area contributed by atoms with Gasteiger partial charge >= 0.3 is 0 Å². The van der Waals surface area contributed by atoms with Crippen molar-refractivity contribution in [1.29, 1.82) is 0 Å². The Balaban J connectivity index is 1.96. The van der Waals surface area contributed by atoms with Crippen LogP contribution in [0.1, 0.15) is 29.9 Å². The Morgan fingerprint density at radius 1 is 1.12 bits per heavy atom. The van der Waals surface area contributed by atoms with Crippen molar-refractivity contribution in [3.8, 4) is 5.75 Å². The number of hydrogen-bond acceptors (Lipinski definition) is 3. The number of carbonyl (C=O) groups is 1. The molecule has 4 rings (SSSR count). The maximum Gasteiger partial charge on any atom is 0.215 e. The van der Waals surface area contributed by atoms with Crippen LogP contribution < -0.4 is 0 Å². The Morgan fingerprint density at radius 3 is 2.60 bits per heavy atom. The average molecular weight is 330 g/mol. The summed E-state index contributed by atoms with van der Waals surface area (Å²) in [7, 11) is 0. The zero-order chi connectivity index (χ0) is 17.6. The zero-order valence-electron chi connectivity index (χ0n) is 14.2. The van der Waals surface area contributed by atoms with Crippen molar-refractivity contribution in [2.24, 2.45) is 4.99 Å². The highest BCUT2D eigenvalue weighted by molar-refractivity contribution is 6.55. The van der Waals surface area contributed by atoms with Gasteiger partial charge in [0.25, 0.3) is 0 Å². The number of fused-ring (bicyclic) bond motifs is 2. The zero-order valence-corrected chi connectivity index (χ0v) is 14.2. The van der Waals surface area contributed by atoms with Gasteiger partial charge in [-0.2, -0.15) is 0 Å². The molecule has 4 nitrogen and oxygen atoms in total. The summed E-state index contributed by atoms with van der Waals surface area (Å²) in [5, 5.41) is 11.5. The molecule has 2 aromatic carbocycles. The van der Waals surface area contributed by atoms with Crippen molar-refractivity contribution in [1.82, 2.24) is 4.57 Å². The maximum atomic E-state index is 12.8. The third kappa shape index (κ3) is 2.38. The molecule has 0 unspecified atom stereocenters. The highest BCUT2D eigenvalue weighted by Gasteiger charge is 2.31. The maximum absolute atomic E-state index is 12.8. The number of para-hydroxylation sites is 2. The topological polar surface area (TPSA) is 54.6 Å². The Morgan fingerprint density at radius 2 is 1.84 bits per heavy atom. The van der Waals surface area contributed by atoms with Crippen LogP contribution in [0, 0.1) is 0 Å². The van der Waals surface area contributed by atoms with Crippen LogP contribution in [0.25, 0.3) is 10.9 Å². The molecule has 0 bridgehead atoms. The molecule has 25 heavy (non-hydrogen) atoms. The van der Waals surface area contributed by atoms with Crippen LogP contribution in [0.4, 0.5) is 5.69 Å². The fourth-order valence-corrected chi connectivity index (χ4v) is 3.21. The summed E-state index contributed by atoms with van der Waals surface area (Å²) in [6.45, 7) is 4.63. The van der Waals surface area contributed by atoms with Gasteiger partial charge in [-0.15, -0.1) is 0 Å². The molecule has 2 heterocycles. The van der Waals surface area contributed by atoms with Gasteiger partial charge in [0.1, 0.15) is 11.4 Å². The van der Waals surface area contributed by atoms with Gasteiger partial charge in [0, 0.05) is 17.5 Å². The van der Waals surface area contributed by atoms with E-state index < -0.39 is 0 Å². The van der Waals surface area contributed by atoms with Crippen molar-refractivity contribution in [3.05, 3.63) is 71.4 Å². The van der Waals surface area contributed by atoms with E-state index in [0.717, 1.165) is 10.9 Å². The fourth-order valence-electron chi connectivity index (χ4n) is 3.21. The van der Waals surface area contributed by atoms with Crippen LogP contribution in [0.15, 0.2) is 65.2 Å². The summed E-state index contributed by atoms with van der Waals surface area (Å²) in [6.07, 6.45) is 2.07. The lowest BCUT2D eigenvalue weighted by molar-refractivity contribution is 0.106. The summed E-state index contributed by atoms with van der Waals surface area (Å²) >= 11 is 0. The second-order valence-corrected chi connectivity index (χ2v) is 6.41. The molecule has 0 atom stereocenters. The molecule has 124 valence electrons. The predicted octanol–water partition coefficient (Wildman–Crippen LogP) is 4.63. The Bertz CT molecular complexity index is 1070. The van der Waals surface area contributed by atoms with Crippen LogP contribution in [-0.2, 0) is 6.54 Å². The van der Waals surface area contributed by atoms with Gasteiger partial charge in [0.2, 0.25) is 5.78 Å². The lowest BCUT2D eigenvalue weighted by Crippen LogP contribution is -2.16. The standard InChI is InChI=1S/C21H18N2O2/c1-13(2)11-12-23-17-10-6-4-8-15(17)21(25)19(23)18-20(24)14-7-3-5-9-16(14)22-18/h3-11,25H,12H2,1-2H3. The van der Waals surface area contributed by atoms with E-state index in [0.29, 0.717) is 29.2 Å². The molecule has 0 spiro atoms. The van der Waals surface area contributed by atoms with E-state index in [9.17, 15) is 9.90 Å². The van der Waals surface area contributed by atoms with Crippen molar-refractivity contribution < 1.29 is 9.90 Å². The van der Waals surface area contributed by atoms with Gasteiger partial charge in [-0.25, -0.2) is 4.99 Å². The number of Topliss-reactive ketones (excluding diaryl/α,β-unsaturated/α-hetero) is 1. The Labute approximate surface area is 145 Å². The first-order chi connectivity index (χ1) is 12.1. The molecule has 1 N–H and O–H groups in total. The minimum Gasteiger partial charge on any atom is -0.505 e. The number of allylic oxidation sites excluding steroid dienone is 2. The molecular formula is C21H18N2O2. The van der Waals surface area contributed by atoms with E-state index in [-0.39, 0.29) is 11.5 Å². The largest absolute Gasteiger partial charge is 0.505 e. The Kier molecular flexibility index (Phi) is 3.53. The number of aromatic nitrogens is 1. The van der Waals surface area contributed by atoms with Crippen molar-refractivity contribution >= 4 is 28.1 Å². The van der Waals surface area contributed by atoms with Gasteiger partial charge in [0.15, 0.2) is 5.75 Å². The minimum atomic E-state index is -0.146. The van der Waals surface area contributed by atoms with Crippen LogP contribution in [0.3, 0.4) is 0 Å². The van der Waals surface area contributed by atoms with Gasteiger partial charge in [0.05, 0.1) is 11.2 Å². The van der Waals surface area contributed by atoms with E-state index in [4.69, 9.17) is 0 Å². The lowest BCUT2D eigenvalue weighted by atomic mass is 10.1. The van der Waals surface area contributed by atoms with Crippen molar-refractivity contribution in [2.45, 2.75) is 20.4 Å². The fraction of sp³-hybridized carbons (Fsp3) is 0.143.